The second kappa shape index (κ2) is 3.49. The molecule has 80 valence electrons. The van der Waals surface area contributed by atoms with Crippen LogP contribution in [0.25, 0.3) is 0 Å². The maximum absolute atomic E-state index is 3.76. The van der Waals surface area contributed by atoms with Gasteiger partial charge in [-0.3, -0.25) is 4.90 Å². The van der Waals surface area contributed by atoms with Crippen molar-refractivity contribution < 1.29 is 0 Å². The predicted octanol–water partition coefficient (Wildman–Crippen LogP) is 1.61. The summed E-state index contributed by atoms with van der Waals surface area (Å²) in [6, 6.07) is 2.51. The van der Waals surface area contributed by atoms with Gasteiger partial charge in [0.05, 0.1) is 0 Å². The fourth-order valence-corrected chi connectivity index (χ4v) is 3.22. The molecule has 3 aliphatic rings. The quantitative estimate of drug-likeness (QED) is 0.718. The number of hydrogen-bond donors (Lipinski definition) is 1. The van der Waals surface area contributed by atoms with Gasteiger partial charge in [0.25, 0.3) is 0 Å². The van der Waals surface area contributed by atoms with Gasteiger partial charge in [0.15, 0.2) is 0 Å². The maximum Gasteiger partial charge on any atom is 0.0198 e. The number of nitrogens with one attached hydrogen (secondary N) is 1. The fraction of sp³-hybridized carbons (Fsp3) is 1.00. The Balaban J connectivity index is 1.63. The summed E-state index contributed by atoms with van der Waals surface area (Å²) in [5, 5.41) is 3.76. The average molecular weight is 194 g/mol. The Morgan fingerprint density at radius 3 is 2.64 bits per heavy atom. The Bertz CT molecular complexity index is 212. The maximum atomic E-state index is 3.76. The zero-order valence-electron chi connectivity index (χ0n) is 9.21. The van der Waals surface area contributed by atoms with Crippen LogP contribution in [0.2, 0.25) is 0 Å². The van der Waals surface area contributed by atoms with Gasteiger partial charge in [0, 0.05) is 24.7 Å². The first kappa shape index (κ1) is 9.17. The van der Waals surface area contributed by atoms with Crippen LogP contribution in [0.1, 0.15) is 39.0 Å². The van der Waals surface area contributed by atoms with Crippen LogP contribution >= 0.6 is 0 Å². The van der Waals surface area contributed by atoms with E-state index in [4.69, 9.17) is 0 Å². The Morgan fingerprint density at radius 1 is 1.07 bits per heavy atom. The number of rotatable bonds is 2. The smallest absolute Gasteiger partial charge is 0.0198 e. The first-order valence-electron chi connectivity index (χ1n) is 6.33. The Labute approximate surface area is 87.0 Å². The molecule has 0 aromatic heterocycles. The van der Waals surface area contributed by atoms with Gasteiger partial charge < -0.3 is 5.32 Å². The summed E-state index contributed by atoms with van der Waals surface area (Å²) in [6.45, 7) is 5.09. The lowest BCUT2D eigenvalue weighted by Crippen LogP contribution is -2.41. The van der Waals surface area contributed by atoms with Crippen LogP contribution in [-0.2, 0) is 0 Å². The molecule has 2 nitrogen and oxygen atoms in total. The molecule has 2 heterocycles. The van der Waals surface area contributed by atoms with Crippen molar-refractivity contribution in [2.75, 3.05) is 13.1 Å². The number of fused-ring (bicyclic) bond motifs is 2. The average Bonchev–Trinajstić information content (AvgIpc) is 2.92. The molecule has 0 amide bonds. The van der Waals surface area contributed by atoms with Crippen LogP contribution in [0.3, 0.4) is 0 Å². The third-order valence-corrected chi connectivity index (χ3v) is 4.43. The van der Waals surface area contributed by atoms with Gasteiger partial charge in [0.1, 0.15) is 0 Å². The van der Waals surface area contributed by atoms with Crippen molar-refractivity contribution in [3.8, 4) is 0 Å². The lowest BCUT2D eigenvalue weighted by molar-refractivity contribution is 0.180. The molecule has 2 aliphatic heterocycles. The van der Waals surface area contributed by atoms with Crippen LogP contribution in [0.5, 0.6) is 0 Å². The fourth-order valence-electron chi connectivity index (χ4n) is 3.22. The lowest BCUT2D eigenvalue weighted by atomic mass is 10.1. The minimum atomic E-state index is 0.809. The molecule has 1 saturated carbocycles. The van der Waals surface area contributed by atoms with E-state index in [0.717, 1.165) is 24.0 Å². The van der Waals surface area contributed by atoms with Crippen molar-refractivity contribution in [1.82, 2.24) is 10.2 Å². The molecule has 2 saturated heterocycles. The van der Waals surface area contributed by atoms with E-state index in [2.05, 4.69) is 17.1 Å². The zero-order chi connectivity index (χ0) is 9.54. The second-order valence-corrected chi connectivity index (χ2v) is 5.50. The molecule has 2 heteroatoms. The van der Waals surface area contributed by atoms with Crippen molar-refractivity contribution in [2.24, 2.45) is 5.92 Å². The molecule has 0 aromatic rings. The zero-order valence-corrected chi connectivity index (χ0v) is 9.21. The summed E-state index contributed by atoms with van der Waals surface area (Å²) in [6.07, 6.45) is 7.20. The molecule has 1 N–H and O–H groups in total. The minimum Gasteiger partial charge on any atom is -0.310 e. The summed E-state index contributed by atoms with van der Waals surface area (Å²) in [7, 11) is 0. The van der Waals surface area contributed by atoms with Crippen LogP contribution in [0, 0.1) is 5.92 Å². The van der Waals surface area contributed by atoms with E-state index in [1.807, 2.05) is 0 Å². The summed E-state index contributed by atoms with van der Waals surface area (Å²) >= 11 is 0. The van der Waals surface area contributed by atoms with Crippen molar-refractivity contribution in [1.29, 1.82) is 0 Å². The van der Waals surface area contributed by atoms with Crippen LogP contribution in [0.4, 0.5) is 0 Å². The Morgan fingerprint density at radius 2 is 1.86 bits per heavy atom. The molecule has 14 heavy (non-hydrogen) atoms. The minimum absolute atomic E-state index is 0.809. The normalized spacial score (nSPS) is 40.9. The van der Waals surface area contributed by atoms with Crippen molar-refractivity contribution in [3.05, 3.63) is 0 Å². The van der Waals surface area contributed by atoms with Gasteiger partial charge in [-0.2, -0.15) is 0 Å². The van der Waals surface area contributed by atoms with E-state index in [-0.39, 0.29) is 0 Å². The lowest BCUT2D eigenvalue weighted by Gasteiger charge is -2.30. The molecule has 3 rings (SSSR count). The number of hydrogen-bond acceptors (Lipinski definition) is 2. The first-order valence-corrected chi connectivity index (χ1v) is 6.33. The molecule has 0 spiro atoms. The third kappa shape index (κ3) is 1.70. The first-order chi connectivity index (χ1) is 6.83. The monoisotopic (exact) mass is 194 g/mol. The van der Waals surface area contributed by atoms with E-state index < -0.39 is 0 Å². The third-order valence-electron chi connectivity index (χ3n) is 4.43. The summed E-state index contributed by atoms with van der Waals surface area (Å²) in [5.41, 5.74) is 0. The Hall–Kier alpha value is -0.0800. The molecular weight excluding hydrogens is 172 g/mol. The van der Waals surface area contributed by atoms with E-state index >= 15 is 0 Å². The van der Waals surface area contributed by atoms with Crippen LogP contribution in [0.15, 0.2) is 0 Å². The van der Waals surface area contributed by atoms with Gasteiger partial charge in [-0.1, -0.05) is 0 Å². The molecule has 1 aliphatic carbocycles. The highest BCUT2D eigenvalue weighted by Gasteiger charge is 2.36. The highest BCUT2D eigenvalue weighted by atomic mass is 15.2. The van der Waals surface area contributed by atoms with Gasteiger partial charge >= 0.3 is 0 Å². The summed E-state index contributed by atoms with van der Waals surface area (Å²) < 4.78 is 0. The van der Waals surface area contributed by atoms with Crippen molar-refractivity contribution >= 4 is 0 Å². The molecule has 3 unspecified atom stereocenters. The van der Waals surface area contributed by atoms with E-state index in [1.165, 1.54) is 45.2 Å². The highest BCUT2D eigenvalue weighted by molar-refractivity contribution is 4.93. The van der Waals surface area contributed by atoms with Crippen molar-refractivity contribution in [3.63, 3.8) is 0 Å². The topological polar surface area (TPSA) is 15.3 Å². The van der Waals surface area contributed by atoms with Crippen LogP contribution in [-0.4, -0.2) is 36.1 Å². The largest absolute Gasteiger partial charge is 0.310 e. The predicted molar refractivity (Wildman–Crippen MR) is 58.3 cm³/mol. The van der Waals surface area contributed by atoms with Gasteiger partial charge in [-0.25, -0.2) is 0 Å². The van der Waals surface area contributed by atoms with E-state index in [1.54, 1.807) is 0 Å². The van der Waals surface area contributed by atoms with E-state index in [0.29, 0.717) is 0 Å². The molecule has 2 bridgehead atoms. The molecule has 0 radical (unpaired) electrons. The SMILES string of the molecule is CC(C1CC1)N1CCC2CCC(C1)N2. The van der Waals surface area contributed by atoms with Gasteiger partial charge in [-0.15, -0.1) is 0 Å². The van der Waals surface area contributed by atoms with Gasteiger partial charge in [0.2, 0.25) is 0 Å². The van der Waals surface area contributed by atoms with Crippen LogP contribution < -0.4 is 5.32 Å². The van der Waals surface area contributed by atoms with Crippen molar-refractivity contribution in [2.45, 2.75) is 57.2 Å². The Kier molecular flexibility index (Phi) is 2.29. The summed E-state index contributed by atoms with van der Waals surface area (Å²) in [4.78, 5) is 2.74. The van der Waals surface area contributed by atoms with Gasteiger partial charge in [-0.05, 0) is 51.5 Å². The second-order valence-electron chi connectivity index (χ2n) is 5.50. The summed E-state index contributed by atoms with van der Waals surface area (Å²) in [5.74, 6) is 1.03. The highest BCUT2D eigenvalue weighted by Crippen LogP contribution is 2.36. The molecule has 0 aromatic carbocycles. The standard InChI is InChI=1S/C12H22N2/c1-9(10-2-3-10)14-7-6-11-4-5-12(8-14)13-11/h9-13H,2-8H2,1H3. The number of nitrogens with zero attached hydrogens (tertiary/aromatic N) is 1. The molecular formula is C12H22N2. The molecule has 3 atom stereocenters. The van der Waals surface area contributed by atoms with E-state index in [9.17, 15) is 0 Å². The number of likely N-dealkylation sites (tertiary alicyclic amines) is 1. The molecule has 3 fully saturated rings.